The minimum absolute atomic E-state index is 0.188. The summed E-state index contributed by atoms with van der Waals surface area (Å²) in [7, 11) is 0. The molecule has 114 valence electrons. The summed E-state index contributed by atoms with van der Waals surface area (Å²) >= 11 is 0. The van der Waals surface area contributed by atoms with Gasteiger partial charge >= 0.3 is 0 Å². The minimum Gasteiger partial charge on any atom is -0.507 e. The van der Waals surface area contributed by atoms with Gasteiger partial charge in [-0.05, 0) is 17.7 Å². The van der Waals surface area contributed by atoms with E-state index in [9.17, 15) is 5.11 Å². The van der Waals surface area contributed by atoms with Crippen LogP contribution in [-0.4, -0.2) is 17.0 Å². The van der Waals surface area contributed by atoms with Crippen molar-refractivity contribution in [3.8, 4) is 5.75 Å². The molecule has 3 heteroatoms. The maximum atomic E-state index is 10.2. The highest BCUT2D eigenvalue weighted by Gasteiger charge is 2.31. The van der Waals surface area contributed by atoms with Gasteiger partial charge in [0.05, 0.1) is 11.3 Å². The largest absolute Gasteiger partial charge is 0.507 e. The van der Waals surface area contributed by atoms with Gasteiger partial charge in [0.1, 0.15) is 11.8 Å². The standard InChI is InChI=1S/C19H22N2O/c1-13(2)19-20-16(14-8-4-3-5-9-14)12-17(21-19)15-10-6-7-11-18(15)22/h3-11,13,17,19,21-22H,12H2,1-2H3/p+1/t17-,19+/m1/s1. The molecule has 0 saturated heterocycles. The minimum atomic E-state index is 0.188. The van der Waals surface area contributed by atoms with Crippen LogP contribution in [0, 0.1) is 5.92 Å². The van der Waals surface area contributed by atoms with Crippen LogP contribution in [0.3, 0.4) is 0 Å². The molecule has 2 aromatic carbocycles. The van der Waals surface area contributed by atoms with Crippen LogP contribution in [0.5, 0.6) is 5.75 Å². The Morgan fingerprint density at radius 1 is 1.05 bits per heavy atom. The van der Waals surface area contributed by atoms with E-state index >= 15 is 0 Å². The molecule has 0 aliphatic carbocycles. The second kappa shape index (κ2) is 6.32. The van der Waals surface area contributed by atoms with Gasteiger partial charge in [0.2, 0.25) is 0 Å². The quantitative estimate of drug-likeness (QED) is 0.899. The third-order valence-corrected chi connectivity index (χ3v) is 4.27. The number of phenolic OH excluding ortho intramolecular Hbond substituents is 1. The molecule has 1 aliphatic rings. The first-order valence-electron chi connectivity index (χ1n) is 7.90. The maximum absolute atomic E-state index is 10.2. The van der Waals surface area contributed by atoms with Crippen molar-refractivity contribution in [1.82, 2.24) is 0 Å². The molecule has 0 bridgehead atoms. The van der Waals surface area contributed by atoms with E-state index in [0.717, 1.165) is 17.7 Å². The first kappa shape index (κ1) is 14.8. The lowest BCUT2D eigenvalue weighted by molar-refractivity contribution is -0.733. The van der Waals surface area contributed by atoms with Crippen LogP contribution in [-0.2, 0) is 0 Å². The number of nitrogens with zero attached hydrogens (tertiary/aromatic N) is 1. The molecule has 1 aliphatic heterocycles. The van der Waals surface area contributed by atoms with Crippen molar-refractivity contribution >= 4 is 5.71 Å². The van der Waals surface area contributed by atoms with Crippen molar-refractivity contribution in [3.05, 3.63) is 65.7 Å². The normalized spacial score (nSPS) is 21.7. The van der Waals surface area contributed by atoms with Crippen molar-refractivity contribution in [1.29, 1.82) is 0 Å². The van der Waals surface area contributed by atoms with E-state index in [1.165, 1.54) is 5.56 Å². The molecule has 0 spiro atoms. The Labute approximate surface area is 131 Å². The molecule has 2 atom stereocenters. The molecule has 0 saturated carbocycles. The average Bonchev–Trinajstić information content (AvgIpc) is 2.55. The molecule has 0 aromatic heterocycles. The van der Waals surface area contributed by atoms with E-state index in [4.69, 9.17) is 4.99 Å². The molecule has 3 rings (SSSR count). The summed E-state index contributed by atoms with van der Waals surface area (Å²) < 4.78 is 0. The van der Waals surface area contributed by atoms with Gasteiger partial charge in [-0.15, -0.1) is 0 Å². The predicted molar refractivity (Wildman–Crippen MR) is 89.0 cm³/mol. The van der Waals surface area contributed by atoms with Crippen LogP contribution in [0.4, 0.5) is 0 Å². The topological polar surface area (TPSA) is 49.2 Å². The smallest absolute Gasteiger partial charge is 0.182 e. The second-order valence-corrected chi connectivity index (χ2v) is 6.24. The van der Waals surface area contributed by atoms with Gasteiger partial charge in [-0.2, -0.15) is 0 Å². The summed E-state index contributed by atoms with van der Waals surface area (Å²) in [6.45, 7) is 4.39. The third-order valence-electron chi connectivity index (χ3n) is 4.27. The Balaban J connectivity index is 1.96. The number of rotatable bonds is 3. The van der Waals surface area contributed by atoms with E-state index in [0.29, 0.717) is 11.7 Å². The predicted octanol–water partition coefficient (Wildman–Crippen LogP) is 2.87. The Morgan fingerprint density at radius 3 is 2.41 bits per heavy atom. The van der Waals surface area contributed by atoms with Crippen LogP contribution in [0.15, 0.2) is 59.6 Å². The maximum Gasteiger partial charge on any atom is 0.182 e. The first-order valence-corrected chi connectivity index (χ1v) is 7.90. The van der Waals surface area contributed by atoms with Crippen LogP contribution in [0.25, 0.3) is 0 Å². The SMILES string of the molecule is CC(C)[C@H]1N=C(c2ccccc2)C[C@H](c2ccccc2O)[NH2+]1. The van der Waals surface area contributed by atoms with E-state index in [1.807, 2.05) is 24.3 Å². The van der Waals surface area contributed by atoms with Gasteiger partial charge in [0.15, 0.2) is 6.17 Å². The highest BCUT2D eigenvalue weighted by molar-refractivity contribution is 6.01. The number of para-hydroxylation sites is 1. The van der Waals surface area contributed by atoms with E-state index < -0.39 is 0 Å². The lowest BCUT2D eigenvalue weighted by Gasteiger charge is -2.29. The summed E-state index contributed by atoms with van der Waals surface area (Å²) in [5, 5.41) is 12.5. The number of benzene rings is 2. The fraction of sp³-hybridized carbons (Fsp3) is 0.316. The molecule has 22 heavy (non-hydrogen) atoms. The summed E-state index contributed by atoms with van der Waals surface area (Å²) in [6, 6.07) is 18.2. The zero-order chi connectivity index (χ0) is 15.5. The van der Waals surface area contributed by atoms with Crippen molar-refractivity contribution in [3.63, 3.8) is 0 Å². The number of nitrogens with two attached hydrogens (primary N) is 1. The monoisotopic (exact) mass is 295 g/mol. The molecular formula is C19H23N2O+. The van der Waals surface area contributed by atoms with E-state index in [1.54, 1.807) is 6.07 Å². The Bertz CT molecular complexity index is 664. The highest BCUT2D eigenvalue weighted by atomic mass is 16.3. The Hall–Kier alpha value is -2.13. The number of quaternary nitrogens is 1. The van der Waals surface area contributed by atoms with Gasteiger partial charge in [-0.25, -0.2) is 4.99 Å². The lowest BCUT2D eigenvalue weighted by Crippen LogP contribution is -2.93. The molecular weight excluding hydrogens is 272 g/mol. The van der Waals surface area contributed by atoms with Gasteiger partial charge < -0.3 is 10.4 Å². The van der Waals surface area contributed by atoms with Crippen molar-refractivity contribution in [2.24, 2.45) is 10.9 Å². The van der Waals surface area contributed by atoms with Gasteiger partial charge in [-0.1, -0.05) is 56.3 Å². The van der Waals surface area contributed by atoms with E-state index in [-0.39, 0.29) is 12.2 Å². The summed E-state index contributed by atoms with van der Waals surface area (Å²) in [4.78, 5) is 4.94. The van der Waals surface area contributed by atoms with Crippen molar-refractivity contribution in [2.75, 3.05) is 0 Å². The zero-order valence-electron chi connectivity index (χ0n) is 13.1. The van der Waals surface area contributed by atoms with Gasteiger partial charge in [0, 0.05) is 12.3 Å². The fourth-order valence-corrected chi connectivity index (χ4v) is 3.00. The second-order valence-electron chi connectivity index (χ2n) is 6.24. The lowest BCUT2D eigenvalue weighted by atomic mass is 9.93. The summed E-state index contributed by atoms with van der Waals surface area (Å²) in [6.07, 6.45) is 1.03. The number of hydrogen-bond acceptors (Lipinski definition) is 2. The van der Waals surface area contributed by atoms with Crippen LogP contribution in [0.1, 0.15) is 37.4 Å². The van der Waals surface area contributed by atoms with Crippen molar-refractivity contribution in [2.45, 2.75) is 32.5 Å². The van der Waals surface area contributed by atoms with Crippen LogP contribution in [0.2, 0.25) is 0 Å². The molecule has 2 aromatic rings. The average molecular weight is 295 g/mol. The molecule has 0 unspecified atom stereocenters. The third kappa shape index (κ3) is 3.04. The molecule has 0 amide bonds. The fourth-order valence-electron chi connectivity index (χ4n) is 3.00. The van der Waals surface area contributed by atoms with Gasteiger partial charge in [-0.3, -0.25) is 0 Å². The number of hydrogen-bond donors (Lipinski definition) is 2. The van der Waals surface area contributed by atoms with Crippen LogP contribution < -0.4 is 5.32 Å². The molecule has 0 radical (unpaired) electrons. The summed E-state index contributed by atoms with van der Waals surface area (Å²) in [5.41, 5.74) is 3.31. The molecule has 0 fully saturated rings. The Kier molecular flexibility index (Phi) is 4.25. The zero-order valence-corrected chi connectivity index (χ0v) is 13.1. The van der Waals surface area contributed by atoms with Crippen LogP contribution >= 0.6 is 0 Å². The summed E-state index contributed by atoms with van der Waals surface area (Å²) in [5.74, 6) is 0.827. The first-order chi connectivity index (χ1) is 10.6. The van der Waals surface area contributed by atoms with Gasteiger partial charge in [0.25, 0.3) is 0 Å². The Morgan fingerprint density at radius 2 is 1.73 bits per heavy atom. The highest BCUT2D eigenvalue weighted by Crippen LogP contribution is 2.27. The van der Waals surface area contributed by atoms with Crippen molar-refractivity contribution < 1.29 is 10.4 Å². The molecule has 3 nitrogen and oxygen atoms in total. The number of phenols is 1. The number of aliphatic imine (C=N–C) groups is 1. The molecule has 3 N–H and O–H groups in total. The molecule has 1 heterocycles. The number of aromatic hydroxyl groups is 1. The van der Waals surface area contributed by atoms with E-state index in [2.05, 4.69) is 43.4 Å².